The number of nitrogens with zero attached hydrogens (tertiary/aromatic N) is 2. The van der Waals surface area contributed by atoms with Crippen LogP contribution in [-0.4, -0.2) is 4.57 Å². The first-order valence-electron chi connectivity index (χ1n) is 24.7. The van der Waals surface area contributed by atoms with E-state index in [0.29, 0.717) is 0 Å². The highest BCUT2D eigenvalue weighted by atomic mass is 32.1. The monoisotopic (exact) mass is 936 g/mol. The van der Waals surface area contributed by atoms with E-state index in [1.165, 1.54) is 97.6 Å². The first-order chi connectivity index (χ1) is 35.7. The molecule has 72 heavy (non-hydrogen) atoms. The topological polar surface area (TPSA) is 8.17 Å². The predicted octanol–water partition coefficient (Wildman–Crippen LogP) is 19.4. The van der Waals surface area contributed by atoms with E-state index in [-0.39, 0.29) is 0 Å². The van der Waals surface area contributed by atoms with Gasteiger partial charge in [-0.25, -0.2) is 0 Å². The van der Waals surface area contributed by atoms with Gasteiger partial charge in [0.05, 0.1) is 11.0 Å². The third-order valence-electron chi connectivity index (χ3n) is 14.1. The second-order valence-corrected chi connectivity index (χ2v) is 19.5. The molecule has 13 aromatic rings. The summed E-state index contributed by atoms with van der Waals surface area (Å²) >= 11 is 1.87. The van der Waals surface area contributed by atoms with Gasteiger partial charge in [-0.3, -0.25) is 0 Å². The summed E-state index contributed by atoms with van der Waals surface area (Å²) < 4.78 is 5.06. The van der Waals surface area contributed by atoms with Crippen molar-refractivity contribution in [1.82, 2.24) is 4.57 Å². The van der Waals surface area contributed by atoms with Gasteiger partial charge >= 0.3 is 0 Å². The number of hydrogen-bond acceptors (Lipinski definition) is 2. The Morgan fingerprint density at radius 2 is 0.958 bits per heavy atom. The molecule has 340 valence electrons. The average Bonchev–Trinajstić information content (AvgIpc) is 4.00. The molecule has 2 heterocycles. The molecular weight excluding hydrogens is 889 g/mol. The van der Waals surface area contributed by atoms with Gasteiger partial charge in [-0.1, -0.05) is 194 Å². The highest BCUT2D eigenvalue weighted by molar-refractivity contribution is 7.25. The third kappa shape index (κ3) is 8.06. The van der Waals surface area contributed by atoms with Crippen molar-refractivity contribution in [2.24, 2.45) is 0 Å². The van der Waals surface area contributed by atoms with E-state index < -0.39 is 0 Å². The maximum atomic E-state index is 2.46. The second-order valence-electron chi connectivity index (χ2n) is 18.5. The summed E-state index contributed by atoms with van der Waals surface area (Å²) in [6.07, 6.45) is 3.24. The number of allylic oxidation sites excluding steroid dienone is 1. The zero-order valence-electron chi connectivity index (χ0n) is 39.6. The van der Waals surface area contributed by atoms with Crippen LogP contribution < -0.4 is 4.90 Å². The molecule has 13 rings (SSSR count). The molecule has 0 saturated heterocycles. The summed E-state index contributed by atoms with van der Waals surface area (Å²) in [4.78, 5) is 2.31. The van der Waals surface area contributed by atoms with Gasteiger partial charge in [-0.05, 0) is 147 Å². The van der Waals surface area contributed by atoms with Crippen molar-refractivity contribution in [1.29, 1.82) is 0 Å². The number of anilines is 3. The number of thiophene rings is 1. The number of benzene rings is 11. The molecule has 0 fully saturated rings. The summed E-state index contributed by atoms with van der Waals surface area (Å²) in [6, 6.07) is 99.5. The van der Waals surface area contributed by atoms with Crippen molar-refractivity contribution < 1.29 is 0 Å². The zero-order valence-corrected chi connectivity index (χ0v) is 40.4. The molecule has 0 aliphatic heterocycles. The van der Waals surface area contributed by atoms with Crippen LogP contribution in [0.15, 0.2) is 273 Å². The molecule has 2 nitrogen and oxygen atoms in total. The minimum absolute atomic E-state index is 0.774. The van der Waals surface area contributed by atoms with Crippen LogP contribution in [0, 0.1) is 0 Å². The molecule has 0 radical (unpaired) electrons. The molecule has 0 unspecified atom stereocenters. The maximum absolute atomic E-state index is 2.46. The molecule has 0 bridgehead atoms. The maximum Gasteiger partial charge on any atom is 0.0547 e. The largest absolute Gasteiger partial charge is 0.311 e. The minimum atomic E-state index is 0.774. The van der Waals surface area contributed by atoms with Crippen LogP contribution in [0.3, 0.4) is 0 Å². The highest BCUT2D eigenvalue weighted by Gasteiger charge is 2.19. The van der Waals surface area contributed by atoms with Gasteiger partial charge in [-0.2, -0.15) is 0 Å². The molecule has 2 aromatic heterocycles. The molecule has 0 saturated carbocycles. The van der Waals surface area contributed by atoms with Crippen LogP contribution in [-0.2, 0) is 6.42 Å². The normalized spacial score (nSPS) is 11.8. The van der Waals surface area contributed by atoms with Crippen LogP contribution in [0.5, 0.6) is 0 Å². The Kier molecular flexibility index (Phi) is 11.2. The Bertz CT molecular complexity index is 4040. The molecule has 3 heteroatoms. The van der Waals surface area contributed by atoms with Crippen molar-refractivity contribution in [3.63, 3.8) is 0 Å². The second kappa shape index (κ2) is 18.7. The number of aromatic nitrogens is 1. The van der Waals surface area contributed by atoms with Gasteiger partial charge < -0.3 is 9.47 Å². The van der Waals surface area contributed by atoms with E-state index >= 15 is 0 Å². The van der Waals surface area contributed by atoms with E-state index in [1.54, 1.807) is 0 Å². The first-order valence-corrected chi connectivity index (χ1v) is 25.5. The highest BCUT2D eigenvalue weighted by Crippen LogP contribution is 2.43. The van der Waals surface area contributed by atoms with Crippen molar-refractivity contribution in [3.05, 3.63) is 290 Å². The van der Waals surface area contributed by atoms with Crippen LogP contribution in [0.2, 0.25) is 0 Å². The van der Waals surface area contributed by atoms with Crippen LogP contribution >= 0.6 is 11.3 Å². The van der Waals surface area contributed by atoms with Crippen LogP contribution in [0.4, 0.5) is 17.1 Å². The van der Waals surface area contributed by atoms with Gasteiger partial charge in [0.2, 0.25) is 0 Å². The zero-order chi connectivity index (χ0) is 47.8. The lowest BCUT2D eigenvalue weighted by Crippen LogP contribution is -2.09. The average molecular weight is 937 g/mol. The van der Waals surface area contributed by atoms with Gasteiger partial charge in [0, 0.05) is 53.7 Å². The Morgan fingerprint density at radius 3 is 1.68 bits per heavy atom. The molecule has 0 spiro atoms. The standard InChI is InChI=1S/C69H48N2S/c1-5-19-48(20-6-1)43-54(52-21-17-22-53(44-52)60-31-18-34-68-69(60)62-30-14-16-33-67(62)72-68)45-55-46-66-64(61-29-13-15-32-65(61)71(66)58-27-11-4-12-28-58)47-63(55)51-37-35-49(36-38-51)50-39-41-59(42-40-50)70(56-23-7-2-8-24-56)57-25-9-3-10-26-57/h1-42,44-47H,43H2/b54-45-. The Hall–Kier alpha value is -9.02. The lowest BCUT2D eigenvalue weighted by molar-refractivity contribution is 1.18. The molecule has 0 aliphatic rings. The molecule has 0 aliphatic carbocycles. The summed E-state index contributed by atoms with van der Waals surface area (Å²) in [5.41, 5.74) is 19.0. The van der Waals surface area contributed by atoms with Crippen molar-refractivity contribution in [2.75, 3.05) is 4.90 Å². The Morgan fingerprint density at radius 1 is 0.389 bits per heavy atom. The molecule has 0 N–H and O–H groups in total. The van der Waals surface area contributed by atoms with Gasteiger partial charge in [-0.15, -0.1) is 11.3 Å². The molecular formula is C69H48N2S. The Balaban J connectivity index is 0.963. The predicted molar refractivity (Wildman–Crippen MR) is 309 cm³/mol. The fourth-order valence-electron chi connectivity index (χ4n) is 10.6. The fraction of sp³-hybridized carbons (Fsp3) is 0.0145. The fourth-order valence-corrected chi connectivity index (χ4v) is 11.8. The summed E-state index contributed by atoms with van der Waals surface area (Å²) in [6.45, 7) is 0. The molecule has 0 atom stereocenters. The van der Waals surface area contributed by atoms with E-state index in [1.807, 2.05) is 11.3 Å². The van der Waals surface area contributed by atoms with E-state index in [2.05, 4.69) is 289 Å². The minimum Gasteiger partial charge on any atom is -0.311 e. The smallest absolute Gasteiger partial charge is 0.0547 e. The van der Waals surface area contributed by atoms with Gasteiger partial charge in [0.15, 0.2) is 0 Å². The van der Waals surface area contributed by atoms with Gasteiger partial charge in [0.25, 0.3) is 0 Å². The molecule has 0 amide bonds. The quantitative estimate of drug-likeness (QED) is 0.117. The van der Waals surface area contributed by atoms with Crippen molar-refractivity contribution in [2.45, 2.75) is 6.42 Å². The third-order valence-corrected chi connectivity index (χ3v) is 15.2. The summed E-state index contributed by atoms with van der Waals surface area (Å²) in [5.74, 6) is 0. The van der Waals surface area contributed by atoms with Crippen molar-refractivity contribution >= 4 is 82.0 Å². The number of hydrogen-bond donors (Lipinski definition) is 0. The summed E-state index contributed by atoms with van der Waals surface area (Å²) in [5, 5.41) is 5.10. The number of rotatable bonds is 11. The lowest BCUT2D eigenvalue weighted by Gasteiger charge is -2.25. The molecule has 11 aromatic carbocycles. The van der Waals surface area contributed by atoms with E-state index in [9.17, 15) is 0 Å². The SMILES string of the molecule is C(=C(\Cc1ccccc1)c1cccc(-c2cccc3sc4ccccc4c23)c1)/c1cc2c(cc1-c1ccc(-c3ccc(N(c4ccccc4)c4ccccc4)cc3)cc1)c1ccccc1n2-c1ccccc1. The van der Waals surface area contributed by atoms with Crippen molar-refractivity contribution in [3.8, 4) is 39.1 Å². The van der Waals surface area contributed by atoms with Crippen LogP contribution in [0.25, 0.3) is 92.7 Å². The lowest BCUT2D eigenvalue weighted by atomic mass is 9.90. The first kappa shape index (κ1) is 43.0. The van der Waals surface area contributed by atoms with E-state index in [0.717, 1.165) is 29.2 Å². The van der Waals surface area contributed by atoms with E-state index in [4.69, 9.17) is 0 Å². The summed E-state index contributed by atoms with van der Waals surface area (Å²) in [7, 11) is 0. The Labute approximate surface area is 424 Å². The number of para-hydroxylation sites is 4. The number of fused-ring (bicyclic) bond motifs is 6. The van der Waals surface area contributed by atoms with Crippen LogP contribution in [0.1, 0.15) is 16.7 Å². The van der Waals surface area contributed by atoms with Gasteiger partial charge in [0.1, 0.15) is 0 Å².